The molecule has 0 heterocycles. The molecular formula is C8H14O2S3. The number of thiocarbonyl (C=S) groups is 1. The summed E-state index contributed by atoms with van der Waals surface area (Å²) in [5.41, 5.74) is 0. The summed E-state index contributed by atoms with van der Waals surface area (Å²) in [5.74, 6) is 0.757. The fraction of sp³-hybridized carbons (Fsp3) is 0.750. The molecule has 1 atom stereocenters. The number of carbonyl (C=O) groups is 1. The van der Waals surface area contributed by atoms with Crippen LogP contribution in [0.15, 0.2) is 0 Å². The Bertz CT molecular complexity index is 182. The van der Waals surface area contributed by atoms with E-state index in [1.165, 1.54) is 11.8 Å². The summed E-state index contributed by atoms with van der Waals surface area (Å²) in [6.07, 6.45) is 0. The van der Waals surface area contributed by atoms with Gasteiger partial charge in [-0.2, -0.15) is 0 Å². The van der Waals surface area contributed by atoms with E-state index in [1.54, 1.807) is 18.7 Å². The molecule has 0 aromatic rings. The minimum absolute atomic E-state index is 0.188. The number of esters is 1. The van der Waals surface area contributed by atoms with Crippen LogP contribution in [0.1, 0.15) is 20.8 Å². The highest BCUT2D eigenvalue weighted by atomic mass is 32.2. The van der Waals surface area contributed by atoms with Gasteiger partial charge in [-0.05, 0) is 19.6 Å². The monoisotopic (exact) mass is 238 g/mol. The summed E-state index contributed by atoms with van der Waals surface area (Å²) < 4.78 is 5.66. The molecule has 0 saturated carbocycles. The van der Waals surface area contributed by atoms with E-state index in [4.69, 9.17) is 17.0 Å². The second-order valence-electron chi connectivity index (χ2n) is 2.20. The Morgan fingerprint density at radius 2 is 2.15 bits per heavy atom. The molecule has 5 heteroatoms. The number of carbonyl (C=O) groups excluding carboxylic acids is 1. The lowest BCUT2D eigenvalue weighted by atomic mass is 10.5. The summed E-state index contributed by atoms with van der Waals surface area (Å²) in [6.45, 7) is 6.07. The molecule has 0 aliphatic carbocycles. The highest BCUT2D eigenvalue weighted by Crippen LogP contribution is 2.22. The van der Waals surface area contributed by atoms with E-state index in [-0.39, 0.29) is 11.2 Å². The van der Waals surface area contributed by atoms with Crippen molar-refractivity contribution in [2.24, 2.45) is 0 Å². The van der Waals surface area contributed by atoms with Crippen LogP contribution in [-0.4, -0.2) is 27.1 Å². The van der Waals surface area contributed by atoms with Crippen LogP contribution >= 0.6 is 35.7 Å². The van der Waals surface area contributed by atoms with Gasteiger partial charge in [0.25, 0.3) is 0 Å². The second kappa shape index (κ2) is 7.64. The van der Waals surface area contributed by atoms with E-state index in [2.05, 4.69) is 0 Å². The topological polar surface area (TPSA) is 26.3 Å². The fourth-order valence-electron chi connectivity index (χ4n) is 0.604. The van der Waals surface area contributed by atoms with Gasteiger partial charge in [-0.1, -0.05) is 30.9 Å². The van der Waals surface area contributed by atoms with E-state index >= 15 is 0 Å². The first-order valence-electron chi connectivity index (χ1n) is 4.11. The Labute approximate surface area is 93.2 Å². The van der Waals surface area contributed by atoms with Crippen LogP contribution in [0.4, 0.5) is 0 Å². The van der Waals surface area contributed by atoms with E-state index < -0.39 is 0 Å². The molecule has 0 N–H and O–H groups in total. The molecule has 0 aromatic carbocycles. The van der Waals surface area contributed by atoms with Gasteiger partial charge in [0.15, 0.2) is 0 Å². The van der Waals surface area contributed by atoms with Gasteiger partial charge in [-0.15, -0.1) is 11.8 Å². The third-order valence-corrected chi connectivity index (χ3v) is 3.70. The molecule has 0 aliphatic heterocycles. The van der Waals surface area contributed by atoms with Crippen molar-refractivity contribution < 1.29 is 9.53 Å². The van der Waals surface area contributed by atoms with Crippen LogP contribution in [0.2, 0.25) is 0 Å². The molecule has 76 valence electrons. The van der Waals surface area contributed by atoms with Crippen molar-refractivity contribution in [3.8, 4) is 0 Å². The molecule has 0 spiro atoms. The minimum atomic E-state index is -0.188. The molecule has 13 heavy (non-hydrogen) atoms. The first kappa shape index (κ1) is 13.3. The summed E-state index contributed by atoms with van der Waals surface area (Å²) in [6, 6.07) is 0. The van der Waals surface area contributed by atoms with Gasteiger partial charge in [0, 0.05) is 0 Å². The SMILES string of the molecule is CCOC(=O)C(C)SC(=S)SCC. The van der Waals surface area contributed by atoms with Crippen LogP contribution in [0.3, 0.4) is 0 Å². The third-order valence-electron chi connectivity index (χ3n) is 1.15. The average Bonchev–Trinajstić information content (AvgIpc) is 2.05. The summed E-state index contributed by atoms with van der Waals surface area (Å²) in [7, 11) is 0. The van der Waals surface area contributed by atoms with Crippen LogP contribution in [0, 0.1) is 0 Å². The zero-order valence-corrected chi connectivity index (χ0v) is 10.5. The maximum Gasteiger partial charge on any atom is 0.319 e. The van der Waals surface area contributed by atoms with Crippen molar-refractivity contribution in [1.29, 1.82) is 0 Å². The number of thioether (sulfide) groups is 2. The lowest BCUT2D eigenvalue weighted by Crippen LogP contribution is -2.17. The quantitative estimate of drug-likeness (QED) is 0.554. The molecule has 1 unspecified atom stereocenters. The predicted octanol–water partition coefficient (Wildman–Crippen LogP) is 2.71. The van der Waals surface area contributed by atoms with Crippen molar-refractivity contribution in [2.75, 3.05) is 12.4 Å². The third kappa shape index (κ3) is 6.35. The van der Waals surface area contributed by atoms with E-state index in [0.29, 0.717) is 6.61 Å². The summed E-state index contributed by atoms with van der Waals surface area (Å²) in [4.78, 5) is 11.2. The maximum atomic E-state index is 11.2. The predicted molar refractivity (Wildman–Crippen MR) is 64.4 cm³/mol. The van der Waals surface area contributed by atoms with Gasteiger partial charge in [0.2, 0.25) is 0 Å². The summed E-state index contributed by atoms with van der Waals surface area (Å²) >= 11 is 8.02. The Balaban J connectivity index is 3.78. The van der Waals surface area contributed by atoms with Crippen LogP contribution < -0.4 is 0 Å². The average molecular weight is 238 g/mol. The molecule has 2 nitrogen and oxygen atoms in total. The molecular weight excluding hydrogens is 224 g/mol. The molecule has 0 fully saturated rings. The molecule has 0 aliphatic rings. The number of rotatable bonds is 4. The largest absolute Gasteiger partial charge is 0.465 e. The number of hydrogen-bond donors (Lipinski definition) is 0. The standard InChI is InChI=1S/C8H14O2S3/c1-4-10-7(9)6(3)13-8(11)12-5-2/h6H,4-5H2,1-3H3. The zero-order valence-electron chi connectivity index (χ0n) is 8.03. The zero-order chi connectivity index (χ0) is 10.3. The summed E-state index contributed by atoms with van der Waals surface area (Å²) in [5, 5.41) is -0.188. The van der Waals surface area contributed by atoms with Crippen molar-refractivity contribution in [1.82, 2.24) is 0 Å². The van der Waals surface area contributed by atoms with E-state index in [9.17, 15) is 4.79 Å². The number of ether oxygens (including phenoxy) is 1. The van der Waals surface area contributed by atoms with E-state index in [1.807, 2.05) is 13.8 Å². The normalized spacial score (nSPS) is 12.2. The second-order valence-corrected chi connectivity index (χ2v) is 6.00. The lowest BCUT2D eigenvalue weighted by Gasteiger charge is -2.09. The highest BCUT2D eigenvalue weighted by Gasteiger charge is 2.16. The first-order chi connectivity index (χ1) is 6.11. The Kier molecular flexibility index (Phi) is 7.80. The van der Waals surface area contributed by atoms with Crippen molar-refractivity contribution >= 4 is 45.2 Å². The maximum absolute atomic E-state index is 11.2. The Hall–Kier alpha value is 0.260. The number of hydrogen-bond acceptors (Lipinski definition) is 5. The highest BCUT2D eigenvalue weighted by molar-refractivity contribution is 8.47. The smallest absolute Gasteiger partial charge is 0.319 e. The molecule has 0 saturated heterocycles. The molecule has 0 bridgehead atoms. The van der Waals surface area contributed by atoms with Crippen LogP contribution in [0.5, 0.6) is 0 Å². The molecule has 0 amide bonds. The van der Waals surface area contributed by atoms with Gasteiger partial charge in [0.1, 0.15) is 8.78 Å². The van der Waals surface area contributed by atoms with Crippen molar-refractivity contribution in [3.63, 3.8) is 0 Å². The van der Waals surface area contributed by atoms with Gasteiger partial charge in [-0.25, -0.2) is 0 Å². The Morgan fingerprint density at radius 3 is 2.62 bits per heavy atom. The van der Waals surface area contributed by atoms with Crippen molar-refractivity contribution in [3.05, 3.63) is 0 Å². The van der Waals surface area contributed by atoms with Gasteiger partial charge in [0.05, 0.1) is 6.61 Å². The van der Waals surface area contributed by atoms with Crippen LogP contribution in [-0.2, 0) is 9.53 Å². The molecule has 0 aromatic heterocycles. The van der Waals surface area contributed by atoms with Crippen molar-refractivity contribution in [2.45, 2.75) is 26.0 Å². The van der Waals surface area contributed by atoms with E-state index in [0.717, 1.165) is 9.28 Å². The van der Waals surface area contributed by atoms with Gasteiger partial charge >= 0.3 is 5.97 Å². The fourth-order valence-corrected chi connectivity index (χ4v) is 3.14. The lowest BCUT2D eigenvalue weighted by molar-refractivity contribution is -0.142. The van der Waals surface area contributed by atoms with Crippen LogP contribution in [0.25, 0.3) is 0 Å². The first-order valence-corrected chi connectivity index (χ1v) is 6.39. The molecule has 0 radical (unpaired) electrons. The molecule has 0 rings (SSSR count). The Morgan fingerprint density at radius 1 is 1.54 bits per heavy atom. The van der Waals surface area contributed by atoms with Gasteiger partial charge < -0.3 is 4.74 Å². The van der Waals surface area contributed by atoms with Gasteiger partial charge in [-0.3, -0.25) is 4.79 Å². The minimum Gasteiger partial charge on any atom is -0.465 e.